The van der Waals surface area contributed by atoms with E-state index >= 15 is 0 Å². The highest BCUT2D eigenvalue weighted by Crippen LogP contribution is 2.38. The standard InChI is InChI=1S/C37H61N5O5Si/c1-13-15-21-31(47-48(11,12)37(8,9)10)25(5)33(43)40-32(24(3)4)35(45)39-27(7)36(46)42-22-17-20-30(41-42)34(44)38-26(6)29-19-16-18-28(14-2)23-29/h13-14,16,18-19,23-27,30-32,41H,1-2,15,17,20-22H2,3-12H3,(H,38,44)(H,39,45)(H,40,43)/t25-,26-,27?,30+,31?,32+/m1/s1. The van der Waals surface area contributed by atoms with E-state index < -0.39 is 38.3 Å². The van der Waals surface area contributed by atoms with Crippen molar-refractivity contribution in [2.24, 2.45) is 11.8 Å². The van der Waals surface area contributed by atoms with Crippen LogP contribution in [0.25, 0.3) is 6.08 Å². The van der Waals surface area contributed by atoms with Crippen molar-refractivity contribution in [1.82, 2.24) is 26.4 Å². The molecular weight excluding hydrogens is 623 g/mol. The Bertz CT molecular complexity index is 1290. The van der Waals surface area contributed by atoms with Gasteiger partial charge in [-0.2, -0.15) is 0 Å². The quantitative estimate of drug-likeness (QED) is 0.132. The number of carbonyl (C=O) groups excluding carboxylic acids is 4. The summed E-state index contributed by atoms with van der Waals surface area (Å²) in [7, 11) is -2.17. The van der Waals surface area contributed by atoms with Gasteiger partial charge < -0.3 is 20.4 Å². The average molecular weight is 684 g/mol. The Kier molecular flexibility index (Phi) is 15.3. The van der Waals surface area contributed by atoms with Crippen LogP contribution < -0.4 is 21.4 Å². The fourth-order valence-corrected chi connectivity index (χ4v) is 6.75. The van der Waals surface area contributed by atoms with Gasteiger partial charge in [-0.15, -0.1) is 6.58 Å². The number of rotatable bonds is 16. The van der Waals surface area contributed by atoms with Gasteiger partial charge in [0.1, 0.15) is 18.1 Å². The summed E-state index contributed by atoms with van der Waals surface area (Å²) in [5.41, 5.74) is 4.98. The van der Waals surface area contributed by atoms with E-state index in [4.69, 9.17) is 4.43 Å². The summed E-state index contributed by atoms with van der Waals surface area (Å²) in [6, 6.07) is 5.23. The molecule has 1 fully saturated rings. The molecule has 0 spiro atoms. The van der Waals surface area contributed by atoms with E-state index in [-0.39, 0.29) is 40.8 Å². The molecule has 10 nitrogen and oxygen atoms in total. The van der Waals surface area contributed by atoms with Crippen molar-refractivity contribution in [1.29, 1.82) is 0 Å². The summed E-state index contributed by atoms with van der Waals surface area (Å²) < 4.78 is 6.67. The van der Waals surface area contributed by atoms with Gasteiger partial charge in [0.05, 0.1) is 18.1 Å². The third-order valence-corrected chi connectivity index (χ3v) is 14.1. The number of nitrogens with zero attached hydrogens (tertiary/aromatic N) is 1. The minimum atomic E-state index is -2.17. The van der Waals surface area contributed by atoms with Gasteiger partial charge in [-0.1, -0.05) is 78.5 Å². The van der Waals surface area contributed by atoms with Gasteiger partial charge in [-0.05, 0) is 80.8 Å². The Morgan fingerprint density at radius 2 is 1.71 bits per heavy atom. The Balaban J connectivity index is 2.04. The monoisotopic (exact) mass is 683 g/mol. The largest absolute Gasteiger partial charge is 0.413 e. The molecule has 6 atom stereocenters. The molecule has 0 aliphatic carbocycles. The van der Waals surface area contributed by atoms with Gasteiger partial charge in [0.25, 0.3) is 5.91 Å². The summed E-state index contributed by atoms with van der Waals surface area (Å²) in [5.74, 6) is -2.01. The third-order valence-electron chi connectivity index (χ3n) is 9.63. The molecule has 1 aliphatic rings. The van der Waals surface area contributed by atoms with E-state index in [0.29, 0.717) is 32.2 Å². The van der Waals surface area contributed by atoms with Gasteiger partial charge in [0.2, 0.25) is 17.7 Å². The number of allylic oxidation sites excluding steroid dienone is 1. The molecule has 1 aromatic rings. The maximum absolute atomic E-state index is 13.6. The van der Waals surface area contributed by atoms with E-state index in [0.717, 1.165) is 11.1 Å². The van der Waals surface area contributed by atoms with Crippen LogP contribution in [0.15, 0.2) is 43.5 Å². The topological polar surface area (TPSA) is 129 Å². The average Bonchev–Trinajstić information content (AvgIpc) is 3.03. The van der Waals surface area contributed by atoms with Gasteiger partial charge >= 0.3 is 0 Å². The predicted octanol–water partition coefficient (Wildman–Crippen LogP) is 5.64. The normalized spacial score (nSPS) is 18.6. The molecule has 1 saturated heterocycles. The van der Waals surface area contributed by atoms with Crippen LogP contribution in [0.4, 0.5) is 0 Å². The van der Waals surface area contributed by atoms with E-state index in [1.807, 2.05) is 58.0 Å². The molecule has 0 bridgehead atoms. The fraction of sp³-hybridized carbons (Fsp3) is 0.622. The van der Waals surface area contributed by atoms with Crippen molar-refractivity contribution in [3.8, 4) is 0 Å². The molecular formula is C37H61N5O5Si. The van der Waals surface area contributed by atoms with Crippen LogP contribution >= 0.6 is 0 Å². The van der Waals surface area contributed by atoms with Gasteiger partial charge in [-0.25, -0.2) is 5.43 Å². The van der Waals surface area contributed by atoms with Crippen molar-refractivity contribution < 1.29 is 23.6 Å². The first-order valence-corrected chi connectivity index (χ1v) is 20.2. The van der Waals surface area contributed by atoms with Crippen LogP contribution in [-0.2, 0) is 23.6 Å². The van der Waals surface area contributed by atoms with E-state index in [1.165, 1.54) is 5.01 Å². The van der Waals surface area contributed by atoms with Crippen molar-refractivity contribution in [3.05, 3.63) is 54.6 Å². The maximum Gasteiger partial charge on any atom is 0.258 e. The zero-order valence-electron chi connectivity index (χ0n) is 30.9. The molecule has 2 rings (SSSR count). The minimum absolute atomic E-state index is 0.0257. The number of benzene rings is 1. The molecule has 1 heterocycles. The molecule has 11 heteroatoms. The fourth-order valence-electron chi connectivity index (χ4n) is 5.32. The lowest BCUT2D eigenvalue weighted by molar-refractivity contribution is -0.143. The predicted molar refractivity (Wildman–Crippen MR) is 196 cm³/mol. The molecule has 4 amide bonds. The second-order valence-electron chi connectivity index (χ2n) is 15.0. The van der Waals surface area contributed by atoms with Crippen LogP contribution in [0.2, 0.25) is 18.1 Å². The maximum atomic E-state index is 13.6. The van der Waals surface area contributed by atoms with E-state index in [2.05, 4.69) is 68.4 Å². The van der Waals surface area contributed by atoms with Gasteiger partial charge in [-0.3, -0.25) is 24.2 Å². The number of carbonyl (C=O) groups is 4. The van der Waals surface area contributed by atoms with Crippen LogP contribution in [0.1, 0.15) is 98.2 Å². The SMILES string of the molecule is C=CCCC(O[Si](C)(C)C(C)(C)C)[C@@H](C)C(=O)N[C@H](C(=O)NC(C)C(=O)N1CCC[C@@H](C(=O)N[C@H](C)c2cccc(C=C)c2)N1)C(C)C. The summed E-state index contributed by atoms with van der Waals surface area (Å²) >= 11 is 0. The third kappa shape index (κ3) is 11.4. The molecule has 4 N–H and O–H groups in total. The molecule has 0 radical (unpaired) electrons. The molecule has 1 aromatic carbocycles. The highest BCUT2D eigenvalue weighted by atomic mass is 28.4. The highest BCUT2D eigenvalue weighted by molar-refractivity contribution is 6.74. The summed E-state index contributed by atoms with van der Waals surface area (Å²) in [6.07, 6.45) is 5.82. The van der Waals surface area contributed by atoms with Crippen LogP contribution in [0.5, 0.6) is 0 Å². The number of nitrogens with one attached hydrogen (secondary N) is 4. The molecule has 0 saturated carbocycles. The molecule has 268 valence electrons. The van der Waals surface area contributed by atoms with Crippen molar-refractivity contribution >= 4 is 38.0 Å². The number of amides is 4. The summed E-state index contributed by atoms with van der Waals surface area (Å²) in [5, 5.41) is 10.2. The first-order chi connectivity index (χ1) is 22.3. The van der Waals surface area contributed by atoms with Crippen molar-refractivity contribution in [3.63, 3.8) is 0 Å². The number of hydrogen-bond acceptors (Lipinski definition) is 6. The first-order valence-electron chi connectivity index (χ1n) is 17.3. The second-order valence-corrected chi connectivity index (χ2v) is 19.7. The van der Waals surface area contributed by atoms with Crippen LogP contribution in [0, 0.1) is 11.8 Å². The Morgan fingerprint density at radius 3 is 2.29 bits per heavy atom. The zero-order valence-corrected chi connectivity index (χ0v) is 31.9. The molecule has 2 unspecified atom stereocenters. The Labute approximate surface area is 290 Å². The van der Waals surface area contributed by atoms with Crippen molar-refractivity contribution in [2.75, 3.05) is 6.54 Å². The lowest BCUT2D eigenvalue weighted by Crippen LogP contribution is -2.62. The molecule has 1 aliphatic heterocycles. The zero-order chi connectivity index (χ0) is 36.4. The van der Waals surface area contributed by atoms with Gasteiger partial charge in [0, 0.05) is 6.54 Å². The Morgan fingerprint density at radius 1 is 1.04 bits per heavy atom. The van der Waals surface area contributed by atoms with E-state index in [1.54, 1.807) is 13.0 Å². The highest BCUT2D eigenvalue weighted by Gasteiger charge is 2.41. The lowest BCUT2D eigenvalue weighted by atomic mass is 9.97. The van der Waals surface area contributed by atoms with E-state index in [9.17, 15) is 19.2 Å². The second kappa shape index (κ2) is 17.9. The number of hydrogen-bond donors (Lipinski definition) is 4. The summed E-state index contributed by atoms with van der Waals surface area (Å²) in [4.78, 5) is 53.6. The minimum Gasteiger partial charge on any atom is -0.413 e. The Hall–Kier alpha value is -3.28. The lowest BCUT2D eigenvalue weighted by Gasteiger charge is -2.41. The van der Waals surface area contributed by atoms with Crippen LogP contribution in [0.3, 0.4) is 0 Å². The molecule has 0 aromatic heterocycles. The van der Waals surface area contributed by atoms with Gasteiger partial charge in [0.15, 0.2) is 8.32 Å². The van der Waals surface area contributed by atoms with Crippen molar-refractivity contribution in [2.45, 2.75) is 129 Å². The smallest absolute Gasteiger partial charge is 0.258 e. The first kappa shape index (κ1) is 40.9. The summed E-state index contributed by atoms with van der Waals surface area (Å²) in [6.45, 7) is 27.9. The van der Waals surface area contributed by atoms with Crippen LogP contribution in [-0.4, -0.2) is 67.7 Å². The number of hydrazine groups is 1. The molecule has 48 heavy (non-hydrogen) atoms.